The zero-order valence-corrected chi connectivity index (χ0v) is 13.2. The molecule has 4 heteroatoms. The number of hydrogen-bond acceptors (Lipinski definition) is 4. The summed E-state index contributed by atoms with van der Waals surface area (Å²) in [5.74, 6) is 0. The molecule has 112 valence electrons. The van der Waals surface area contributed by atoms with Crippen molar-refractivity contribution in [3.05, 3.63) is 0 Å². The highest BCUT2D eigenvalue weighted by atomic mass is 16.3. The molecule has 0 rings (SSSR count). The van der Waals surface area contributed by atoms with E-state index in [1.807, 2.05) is 0 Å². The average Bonchev–Trinajstić information content (AvgIpc) is 1.64. The third kappa shape index (κ3) is 24.9. The lowest BCUT2D eigenvalue weighted by Gasteiger charge is -2.26. The lowest BCUT2D eigenvalue weighted by molar-refractivity contribution is -0.0256. The van der Waals surface area contributed by atoms with Crippen LogP contribution in [0.15, 0.2) is 0 Å². The Morgan fingerprint density at radius 1 is 0.444 bits per heavy atom. The smallest absolute Gasteiger partial charge is 0.0618 e. The summed E-state index contributed by atoms with van der Waals surface area (Å²) < 4.78 is 0. The maximum Gasteiger partial charge on any atom is 0.0618 e. The monoisotopic (exact) mass is 264 g/mol. The van der Waals surface area contributed by atoms with Crippen LogP contribution in [0.5, 0.6) is 0 Å². The largest absolute Gasteiger partial charge is 0.390 e. The molecule has 0 aliphatic rings. The van der Waals surface area contributed by atoms with Gasteiger partial charge in [-0.1, -0.05) is 0 Å². The topological polar surface area (TPSA) is 80.9 Å². The van der Waals surface area contributed by atoms with Crippen LogP contribution in [0, 0.1) is 0 Å². The number of rotatable bonds is 4. The molecule has 0 saturated heterocycles. The first-order valence-electron chi connectivity index (χ1n) is 6.31. The Labute approximate surface area is 112 Å². The van der Waals surface area contributed by atoms with E-state index >= 15 is 0 Å². The van der Waals surface area contributed by atoms with Gasteiger partial charge in [-0.2, -0.15) is 0 Å². The van der Waals surface area contributed by atoms with E-state index in [-0.39, 0.29) is 0 Å². The van der Waals surface area contributed by atoms with Gasteiger partial charge in [-0.05, 0) is 55.4 Å². The van der Waals surface area contributed by atoms with Gasteiger partial charge in [0.2, 0.25) is 0 Å². The Bertz CT molecular complexity index is 170. The summed E-state index contributed by atoms with van der Waals surface area (Å²) in [5, 5.41) is 36.8. The van der Waals surface area contributed by atoms with E-state index in [4.69, 9.17) is 0 Å². The molecule has 0 amide bonds. The molecule has 18 heavy (non-hydrogen) atoms. The molecule has 0 radical (unpaired) electrons. The molecule has 0 saturated carbocycles. The Morgan fingerprint density at radius 2 is 0.556 bits per heavy atom. The Morgan fingerprint density at radius 3 is 0.556 bits per heavy atom. The van der Waals surface area contributed by atoms with Crippen molar-refractivity contribution in [1.82, 2.24) is 0 Å². The van der Waals surface area contributed by atoms with Gasteiger partial charge in [0.15, 0.2) is 0 Å². The highest BCUT2D eigenvalue weighted by Gasteiger charge is 2.24. The third-order valence-corrected chi connectivity index (χ3v) is 1.73. The highest BCUT2D eigenvalue weighted by molar-refractivity contribution is 4.77. The van der Waals surface area contributed by atoms with E-state index in [1.165, 1.54) is 0 Å². The second kappa shape index (κ2) is 6.33. The van der Waals surface area contributed by atoms with Gasteiger partial charge in [-0.25, -0.2) is 0 Å². The Balaban J connectivity index is 0. The Kier molecular flexibility index (Phi) is 7.09. The van der Waals surface area contributed by atoms with E-state index in [9.17, 15) is 20.4 Å². The van der Waals surface area contributed by atoms with Crippen molar-refractivity contribution >= 4 is 0 Å². The first kappa shape index (κ1) is 20.2. The van der Waals surface area contributed by atoms with Gasteiger partial charge in [0.05, 0.1) is 22.4 Å². The van der Waals surface area contributed by atoms with E-state index in [1.54, 1.807) is 55.4 Å². The second-order valence-electron chi connectivity index (χ2n) is 7.60. The van der Waals surface area contributed by atoms with Crippen molar-refractivity contribution in [2.75, 3.05) is 0 Å². The highest BCUT2D eigenvalue weighted by Crippen LogP contribution is 2.19. The molecule has 0 spiro atoms. The summed E-state index contributed by atoms with van der Waals surface area (Å²) in [6, 6.07) is 0. The lowest BCUT2D eigenvalue weighted by Crippen LogP contribution is -2.32. The number of aliphatic hydroxyl groups is 4. The van der Waals surface area contributed by atoms with Crippen LogP contribution in [-0.4, -0.2) is 42.8 Å². The fraction of sp³-hybridized carbons (Fsp3) is 1.00. The van der Waals surface area contributed by atoms with Gasteiger partial charge in [0.25, 0.3) is 0 Å². The first-order chi connectivity index (χ1) is 7.41. The van der Waals surface area contributed by atoms with E-state index in [2.05, 4.69) is 0 Å². The summed E-state index contributed by atoms with van der Waals surface area (Å²) in [5.41, 5.74) is -3.06. The van der Waals surface area contributed by atoms with Gasteiger partial charge < -0.3 is 20.4 Å². The minimum absolute atomic E-state index is 0.403. The summed E-state index contributed by atoms with van der Waals surface area (Å²) >= 11 is 0. The quantitative estimate of drug-likeness (QED) is 0.624. The van der Waals surface area contributed by atoms with Crippen molar-refractivity contribution in [3.63, 3.8) is 0 Å². The standard InChI is InChI=1S/2C7H16O2/c2*1-6(2,8)5-7(3,4)9/h2*8-9H,5H2,1-4H3. The van der Waals surface area contributed by atoms with Crippen LogP contribution in [0.2, 0.25) is 0 Å². The fourth-order valence-electron chi connectivity index (χ4n) is 2.12. The lowest BCUT2D eigenvalue weighted by atomic mass is 9.93. The zero-order valence-electron chi connectivity index (χ0n) is 13.2. The molecular weight excluding hydrogens is 232 g/mol. The van der Waals surface area contributed by atoms with Gasteiger partial charge in [-0.15, -0.1) is 0 Å². The molecule has 0 atom stereocenters. The van der Waals surface area contributed by atoms with Gasteiger partial charge in [-0.3, -0.25) is 0 Å². The molecule has 0 unspecified atom stereocenters. The molecule has 0 aliphatic carbocycles. The van der Waals surface area contributed by atoms with Crippen molar-refractivity contribution in [2.24, 2.45) is 0 Å². The SMILES string of the molecule is CC(C)(O)CC(C)(C)O.CC(C)(O)CC(C)(C)O. The van der Waals surface area contributed by atoms with Crippen LogP contribution in [0.25, 0.3) is 0 Å². The van der Waals surface area contributed by atoms with Crippen LogP contribution < -0.4 is 0 Å². The Hall–Kier alpha value is -0.160. The van der Waals surface area contributed by atoms with Crippen molar-refractivity contribution < 1.29 is 20.4 Å². The van der Waals surface area contributed by atoms with Crippen molar-refractivity contribution in [3.8, 4) is 0 Å². The van der Waals surface area contributed by atoms with Gasteiger partial charge in [0, 0.05) is 12.8 Å². The molecule has 0 aromatic carbocycles. The minimum atomic E-state index is -0.766. The minimum Gasteiger partial charge on any atom is -0.390 e. The second-order valence-corrected chi connectivity index (χ2v) is 7.60. The van der Waals surface area contributed by atoms with Crippen molar-refractivity contribution in [2.45, 2.75) is 90.6 Å². The zero-order chi connectivity index (χ0) is 15.4. The molecule has 4 nitrogen and oxygen atoms in total. The summed E-state index contributed by atoms with van der Waals surface area (Å²) in [4.78, 5) is 0. The molecule has 0 bridgehead atoms. The van der Waals surface area contributed by atoms with Gasteiger partial charge in [0.1, 0.15) is 0 Å². The predicted molar refractivity (Wildman–Crippen MR) is 74.4 cm³/mol. The normalized spacial score (nSPS) is 14.0. The van der Waals surface area contributed by atoms with Crippen molar-refractivity contribution in [1.29, 1.82) is 0 Å². The molecule has 0 aliphatic heterocycles. The fourth-order valence-corrected chi connectivity index (χ4v) is 2.12. The maximum atomic E-state index is 9.19. The molecular formula is C14H32O4. The molecule has 0 aromatic heterocycles. The molecule has 0 fully saturated rings. The summed E-state index contributed by atoms with van der Waals surface area (Å²) in [6.45, 7) is 13.5. The summed E-state index contributed by atoms with van der Waals surface area (Å²) in [6.07, 6.45) is 0.806. The number of hydrogen-bond donors (Lipinski definition) is 4. The van der Waals surface area contributed by atoms with Crippen LogP contribution in [-0.2, 0) is 0 Å². The van der Waals surface area contributed by atoms with Gasteiger partial charge >= 0.3 is 0 Å². The van der Waals surface area contributed by atoms with Crippen LogP contribution in [0.1, 0.15) is 68.2 Å². The van der Waals surface area contributed by atoms with E-state index in [0.29, 0.717) is 12.8 Å². The van der Waals surface area contributed by atoms with Crippen LogP contribution in [0.3, 0.4) is 0 Å². The first-order valence-corrected chi connectivity index (χ1v) is 6.31. The molecule has 0 heterocycles. The summed E-state index contributed by atoms with van der Waals surface area (Å²) in [7, 11) is 0. The third-order valence-electron chi connectivity index (χ3n) is 1.73. The molecule has 4 N–H and O–H groups in total. The maximum absolute atomic E-state index is 9.19. The molecule has 0 aromatic rings. The average molecular weight is 264 g/mol. The van der Waals surface area contributed by atoms with E-state index in [0.717, 1.165) is 0 Å². The predicted octanol–water partition coefficient (Wildman–Crippen LogP) is 1.84. The van der Waals surface area contributed by atoms with E-state index < -0.39 is 22.4 Å². The van der Waals surface area contributed by atoms with Crippen LogP contribution in [0.4, 0.5) is 0 Å². The van der Waals surface area contributed by atoms with Crippen LogP contribution >= 0.6 is 0 Å².